The van der Waals surface area contributed by atoms with E-state index in [1.54, 1.807) is 68.1 Å². The molecule has 0 unspecified atom stereocenters. The molecule has 0 fully saturated rings. The molecule has 0 spiro atoms. The van der Waals surface area contributed by atoms with Gasteiger partial charge in [0, 0.05) is 44.5 Å². The van der Waals surface area contributed by atoms with E-state index in [4.69, 9.17) is 14.0 Å². The topological polar surface area (TPSA) is 138 Å². The smallest absolute Gasteiger partial charge is 0.323 e. The maximum absolute atomic E-state index is 13.6. The number of likely N-dealkylation sites (N-methyl/N-ethyl adjacent to an activating group) is 1. The molecule has 0 radical (unpaired) electrons. The maximum atomic E-state index is 13.6. The number of fused-ring (bicyclic) bond motifs is 1. The predicted molar refractivity (Wildman–Crippen MR) is 159 cm³/mol. The summed E-state index contributed by atoms with van der Waals surface area (Å²) in [5.41, 5.74) is 2.44. The van der Waals surface area contributed by atoms with Gasteiger partial charge >= 0.3 is 12.1 Å². The maximum Gasteiger partial charge on any atom is 0.323 e. The second-order valence-corrected chi connectivity index (χ2v) is 10.5. The predicted octanol–water partition coefficient (Wildman–Crippen LogP) is 4.97. The lowest BCUT2D eigenvalue weighted by Gasteiger charge is -2.36. The zero-order chi connectivity index (χ0) is 30.4. The van der Waals surface area contributed by atoms with Crippen molar-refractivity contribution in [2.75, 3.05) is 49.8 Å². The van der Waals surface area contributed by atoms with Crippen molar-refractivity contribution in [3.63, 3.8) is 0 Å². The number of carbonyl (C=O) groups excluding carboxylic acids is 3. The second-order valence-electron chi connectivity index (χ2n) is 10.5. The number of nitrogens with one attached hydrogen (secondary N) is 3. The lowest BCUT2D eigenvalue weighted by Crippen LogP contribution is -2.50. The highest BCUT2D eigenvalue weighted by molar-refractivity contribution is 6.02. The summed E-state index contributed by atoms with van der Waals surface area (Å²) in [5.74, 6) is 0.434. The molecule has 3 aromatic rings. The molecule has 3 N–H and O–H groups in total. The third-order valence-electron chi connectivity index (χ3n) is 7.26. The molecule has 2 heterocycles. The van der Waals surface area contributed by atoms with Crippen LogP contribution in [-0.4, -0.2) is 78.9 Å². The SMILES string of the molecule is CO[C@@H]1CN(C)C(=O)c2cc(NC(=O)Nc3ccccc3)ccc2OC[C@@H](C)N(C(=O)Nc2c(C)noc2C)C[C@@H]1C. The number of benzene rings is 2. The highest BCUT2D eigenvalue weighted by atomic mass is 16.5. The summed E-state index contributed by atoms with van der Waals surface area (Å²) < 4.78 is 17.1. The number of urea groups is 2. The number of aromatic nitrogens is 1. The van der Waals surface area contributed by atoms with Gasteiger partial charge in [0.05, 0.1) is 17.7 Å². The van der Waals surface area contributed by atoms with Crippen molar-refractivity contribution in [1.29, 1.82) is 0 Å². The van der Waals surface area contributed by atoms with Gasteiger partial charge in [-0.25, -0.2) is 9.59 Å². The van der Waals surface area contributed by atoms with Crippen LogP contribution in [0.3, 0.4) is 0 Å². The van der Waals surface area contributed by atoms with Crippen molar-refractivity contribution in [1.82, 2.24) is 15.0 Å². The number of nitrogens with zero attached hydrogens (tertiary/aromatic N) is 3. The molecular formula is C30H38N6O6. The van der Waals surface area contributed by atoms with E-state index in [1.165, 1.54) is 0 Å². The minimum absolute atomic E-state index is 0.116. The van der Waals surface area contributed by atoms with Crippen molar-refractivity contribution < 1.29 is 28.4 Å². The summed E-state index contributed by atoms with van der Waals surface area (Å²) in [6.07, 6.45) is -0.359. The number of carbonyl (C=O) groups is 3. The highest BCUT2D eigenvalue weighted by Gasteiger charge is 2.31. The first-order chi connectivity index (χ1) is 20.1. The molecule has 4 rings (SSSR count). The Labute approximate surface area is 245 Å². The third kappa shape index (κ3) is 7.19. The van der Waals surface area contributed by atoms with Crippen LogP contribution < -0.4 is 20.7 Å². The standard InChI is InChI=1S/C30H38N6O6/c1-18-15-36(30(39)33-27-20(3)34-42-21(27)4)19(2)17-41-25-13-12-23(32-29(38)31-22-10-8-7-9-11-22)14-24(25)28(37)35(5)16-26(18)40-6/h7-14,18-19,26H,15-17H2,1-6H3,(H,33,39)(H2,31,32,38)/t18-,19+,26+/m0/s1. The number of ether oxygens (including phenoxy) is 2. The highest BCUT2D eigenvalue weighted by Crippen LogP contribution is 2.27. The van der Waals surface area contributed by atoms with Gasteiger partial charge in [0.25, 0.3) is 5.91 Å². The number of aryl methyl sites for hydroxylation is 2. The van der Waals surface area contributed by atoms with E-state index >= 15 is 0 Å². The van der Waals surface area contributed by atoms with Gasteiger partial charge in [-0.3, -0.25) is 4.79 Å². The van der Waals surface area contributed by atoms with Crippen molar-refractivity contribution in [3.05, 3.63) is 65.5 Å². The molecule has 2 aromatic carbocycles. The lowest BCUT2D eigenvalue weighted by molar-refractivity contribution is 0.0174. The van der Waals surface area contributed by atoms with Gasteiger partial charge < -0.3 is 39.7 Å². The summed E-state index contributed by atoms with van der Waals surface area (Å²) in [5, 5.41) is 12.4. The van der Waals surface area contributed by atoms with E-state index < -0.39 is 6.03 Å². The lowest BCUT2D eigenvalue weighted by atomic mass is 10.0. The average molecular weight is 579 g/mol. The van der Waals surface area contributed by atoms with Crippen LogP contribution in [0.5, 0.6) is 5.75 Å². The summed E-state index contributed by atoms with van der Waals surface area (Å²) in [4.78, 5) is 43.0. The van der Waals surface area contributed by atoms with E-state index in [0.29, 0.717) is 40.8 Å². The molecule has 5 amide bonds. The molecule has 12 heteroatoms. The average Bonchev–Trinajstić information content (AvgIpc) is 3.29. The number of amides is 5. The van der Waals surface area contributed by atoms with Gasteiger partial charge in [-0.2, -0.15) is 0 Å². The Hall–Kier alpha value is -4.58. The largest absolute Gasteiger partial charge is 0.491 e. The number of rotatable bonds is 4. The minimum Gasteiger partial charge on any atom is -0.491 e. The van der Waals surface area contributed by atoms with Crippen LogP contribution in [0, 0.1) is 19.8 Å². The van der Waals surface area contributed by atoms with E-state index in [9.17, 15) is 14.4 Å². The van der Waals surface area contributed by atoms with E-state index in [2.05, 4.69) is 21.1 Å². The Balaban J connectivity index is 1.60. The molecular weight excluding hydrogens is 540 g/mol. The Morgan fingerprint density at radius 2 is 1.71 bits per heavy atom. The van der Waals surface area contributed by atoms with E-state index in [0.717, 1.165) is 0 Å². The molecule has 0 saturated heterocycles. The number of hydrogen-bond donors (Lipinski definition) is 3. The van der Waals surface area contributed by atoms with Crippen LogP contribution in [0.1, 0.15) is 35.7 Å². The molecule has 1 aliphatic rings. The van der Waals surface area contributed by atoms with Crippen molar-refractivity contribution in [2.45, 2.75) is 39.8 Å². The van der Waals surface area contributed by atoms with Gasteiger partial charge in [0.15, 0.2) is 5.76 Å². The van der Waals surface area contributed by atoms with Crippen LogP contribution in [0.25, 0.3) is 0 Å². The molecule has 3 atom stereocenters. The Kier molecular flexibility index (Phi) is 9.68. The molecule has 224 valence electrons. The minimum atomic E-state index is -0.446. The normalized spacial score (nSPS) is 19.6. The van der Waals surface area contributed by atoms with E-state index in [1.807, 2.05) is 32.0 Å². The van der Waals surface area contributed by atoms with Gasteiger partial charge in [-0.15, -0.1) is 0 Å². The molecule has 0 aliphatic carbocycles. The first-order valence-electron chi connectivity index (χ1n) is 13.8. The van der Waals surface area contributed by atoms with Gasteiger partial charge in [0.1, 0.15) is 23.7 Å². The van der Waals surface area contributed by atoms with Crippen LogP contribution in [0.15, 0.2) is 53.1 Å². The number of methoxy groups -OCH3 is 1. The molecule has 12 nitrogen and oxygen atoms in total. The van der Waals surface area contributed by atoms with Crippen LogP contribution in [0.4, 0.5) is 26.7 Å². The Morgan fingerprint density at radius 1 is 1.00 bits per heavy atom. The summed E-state index contributed by atoms with van der Waals surface area (Å²) in [6.45, 7) is 8.10. The molecule has 0 bridgehead atoms. The molecule has 1 aromatic heterocycles. The fraction of sp³-hybridized carbons (Fsp3) is 0.400. The fourth-order valence-corrected chi connectivity index (χ4v) is 4.79. The fourth-order valence-electron chi connectivity index (χ4n) is 4.79. The monoisotopic (exact) mass is 578 g/mol. The second kappa shape index (κ2) is 13.4. The zero-order valence-corrected chi connectivity index (χ0v) is 24.8. The van der Waals surface area contributed by atoms with Crippen LogP contribution in [0.2, 0.25) is 0 Å². The third-order valence-corrected chi connectivity index (χ3v) is 7.26. The van der Waals surface area contributed by atoms with Crippen molar-refractivity contribution in [3.8, 4) is 5.75 Å². The van der Waals surface area contributed by atoms with Gasteiger partial charge in [-0.1, -0.05) is 30.3 Å². The number of anilines is 3. The first kappa shape index (κ1) is 30.4. The Morgan fingerprint density at radius 3 is 2.38 bits per heavy atom. The number of hydrogen-bond acceptors (Lipinski definition) is 7. The zero-order valence-electron chi connectivity index (χ0n) is 24.8. The Bertz CT molecular complexity index is 1390. The summed E-state index contributed by atoms with van der Waals surface area (Å²) in [7, 11) is 3.27. The van der Waals surface area contributed by atoms with Gasteiger partial charge in [-0.05, 0) is 51.1 Å². The van der Waals surface area contributed by atoms with Gasteiger partial charge in [0.2, 0.25) is 0 Å². The van der Waals surface area contributed by atoms with Crippen LogP contribution >= 0.6 is 0 Å². The molecule has 1 aliphatic heterocycles. The molecule has 42 heavy (non-hydrogen) atoms. The summed E-state index contributed by atoms with van der Waals surface area (Å²) >= 11 is 0. The summed E-state index contributed by atoms with van der Waals surface area (Å²) in [6, 6.07) is 12.8. The van der Waals surface area contributed by atoms with E-state index in [-0.39, 0.29) is 48.7 Å². The first-order valence-corrected chi connectivity index (χ1v) is 13.8. The number of para-hydroxylation sites is 1. The van der Waals surface area contributed by atoms with Crippen molar-refractivity contribution in [2.24, 2.45) is 5.92 Å². The molecule has 0 saturated carbocycles. The van der Waals surface area contributed by atoms with Crippen LogP contribution in [-0.2, 0) is 4.74 Å². The quantitative estimate of drug-likeness (QED) is 0.397. The van der Waals surface area contributed by atoms with Crippen molar-refractivity contribution >= 4 is 35.0 Å².